The van der Waals surface area contributed by atoms with Crippen LogP contribution in [0.2, 0.25) is 0 Å². The van der Waals surface area contributed by atoms with E-state index in [-0.39, 0.29) is 17.1 Å². The first kappa shape index (κ1) is 19.1. The van der Waals surface area contributed by atoms with E-state index in [1.54, 1.807) is 54.6 Å². The number of para-hydroxylation sites is 3. The molecule has 5 heteroatoms. The Kier molecular flexibility index (Phi) is 5.62. The number of rotatable bonds is 7. The molecule has 1 N–H and O–H groups in total. The van der Waals surface area contributed by atoms with Crippen LogP contribution in [0.15, 0.2) is 103 Å². The van der Waals surface area contributed by atoms with E-state index >= 15 is 0 Å². The molecule has 0 radical (unpaired) electrons. The van der Waals surface area contributed by atoms with Gasteiger partial charge in [-0.05, 0) is 48.5 Å². The molecule has 4 aromatic carbocycles. The lowest BCUT2D eigenvalue weighted by Gasteiger charge is -2.18. The predicted molar refractivity (Wildman–Crippen MR) is 113 cm³/mol. The Morgan fingerprint density at radius 3 is 1.43 bits per heavy atom. The highest BCUT2D eigenvalue weighted by Crippen LogP contribution is 2.46. The van der Waals surface area contributed by atoms with Crippen LogP contribution in [-0.2, 0) is 0 Å². The Balaban J connectivity index is 1.84. The van der Waals surface area contributed by atoms with E-state index in [1.807, 2.05) is 42.5 Å². The quantitative estimate of drug-likeness (QED) is 0.372. The van der Waals surface area contributed by atoms with E-state index in [0.29, 0.717) is 23.0 Å². The van der Waals surface area contributed by atoms with Gasteiger partial charge >= 0.3 is 5.97 Å². The Labute approximate surface area is 173 Å². The number of benzene rings is 4. The lowest BCUT2D eigenvalue weighted by atomic mass is 10.1. The summed E-state index contributed by atoms with van der Waals surface area (Å²) in [7, 11) is 0. The van der Waals surface area contributed by atoms with Gasteiger partial charge in [-0.25, -0.2) is 4.79 Å². The maximum Gasteiger partial charge on any atom is 0.339 e. The standard InChI is InChI=1S/C25H18O5/c26-25(27)21-16-17-22(28-18-10-4-1-5-11-18)24(30-20-14-8-3-9-15-20)23(21)29-19-12-6-2-7-13-19/h1-17H,(H,26,27). The molecule has 0 saturated heterocycles. The van der Waals surface area contributed by atoms with Crippen LogP contribution in [0.1, 0.15) is 10.4 Å². The van der Waals surface area contributed by atoms with Gasteiger partial charge in [0.2, 0.25) is 5.75 Å². The van der Waals surface area contributed by atoms with Gasteiger partial charge in [-0.3, -0.25) is 0 Å². The van der Waals surface area contributed by atoms with Gasteiger partial charge in [0.25, 0.3) is 0 Å². The predicted octanol–water partition coefficient (Wildman–Crippen LogP) is 6.76. The highest BCUT2D eigenvalue weighted by Gasteiger charge is 2.23. The van der Waals surface area contributed by atoms with Crippen LogP contribution < -0.4 is 14.2 Å². The monoisotopic (exact) mass is 398 g/mol. The van der Waals surface area contributed by atoms with E-state index in [1.165, 1.54) is 6.07 Å². The zero-order valence-electron chi connectivity index (χ0n) is 15.9. The lowest BCUT2D eigenvalue weighted by Crippen LogP contribution is -2.03. The summed E-state index contributed by atoms with van der Waals surface area (Å²) >= 11 is 0. The maximum absolute atomic E-state index is 11.9. The Hall–Kier alpha value is -4.25. The fourth-order valence-corrected chi connectivity index (χ4v) is 2.82. The van der Waals surface area contributed by atoms with Crippen molar-refractivity contribution in [2.24, 2.45) is 0 Å². The highest BCUT2D eigenvalue weighted by molar-refractivity contribution is 5.93. The molecule has 0 bridgehead atoms. The molecule has 0 saturated carbocycles. The second-order valence-corrected chi connectivity index (χ2v) is 6.32. The van der Waals surface area contributed by atoms with E-state index in [2.05, 4.69) is 0 Å². The Bertz CT molecular complexity index is 1130. The number of carboxylic acid groups (broad SMARTS) is 1. The molecule has 0 aromatic heterocycles. The van der Waals surface area contributed by atoms with Crippen molar-refractivity contribution in [3.05, 3.63) is 109 Å². The van der Waals surface area contributed by atoms with Crippen molar-refractivity contribution in [3.63, 3.8) is 0 Å². The minimum Gasteiger partial charge on any atom is -0.478 e. The van der Waals surface area contributed by atoms with E-state index in [0.717, 1.165) is 0 Å². The van der Waals surface area contributed by atoms with Crippen molar-refractivity contribution in [1.82, 2.24) is 0 Å². The van der Waals surface area contributed by atoms with Crippen molar-refractivity contribution in [1.29, 1.82) is 0 Å². The summed E-state index contributed by atoms with van der Waals surface area (Å²) in [5.41, 5.74) is -0.0369. The van der Waals surface area contributed by atoms with Gasteiger partial charge in [0, 0.05) is 0 Å². The second kappa shape index (κ2) is 8.84. The summed E-state index contributed by atoms with van der Waals surface area (Å²) in [5, 5.41) is 9.74. The molecule has 5 nitrogen and oxygen atoms in total. The summed E-state index contributed by atoms with van der Waals surface area (Å²) < 4.78 is 18.0. The smallest absolute Gasteiger partial charge is 0.339 e. The third kappa shape index (κ3) is 4.42. The summed E-state index contributed by atoms with van der Waals surface area (Å²) in [5.74, 6) is 1.03. The summed E-state index contributed by atoms with van der Waals surface area (Å²) in [6, 6.07) is 30.2. The average Bonchev–Trinajstić information content (AvgIpc) is 2.78. The Morgan fingerprint density at radius 2 is 0.967 bits per heavy atom. The normalized spacial score (nSPS) is 10.3. The zero-order chi connectivity index (χ0) is 20.8. The fourth-order valence-electron chi connectivity index (χ4n) is 2.82. The van der Waals surface area contributed by atoms with Crippen LogP contribution in [0.3, 0.4) is 0 Å². The molecule has 148 valence electrons. The Morgan fingerprint density at radius 1 is 0.533 bits per heavy atom. The van der Waals surface area contributed by atoms with Crippen LogP contribution in [-0.4, -0.2) is 11.1 Å². The first-order chi connectivity index (χ1) is 14.7. The fraction of sp³-hybridized carbons (Fsp3) is 0. The van der Waals surface area contributed by atoms with E-state index < -0.39 is 5.97 Å². The SMILES string of the molecule is O=C(O)c1ccc(Oc2ccccc2)c(Oc2ccccc2)c1Oc1ccccc1. The third-order valence-electron chi connectivity index (χ3n) is 4.20. The van der Waals surface area contributed by atoms with Crippen molar-refractivity contribution in [3.8, 4) is 34.5 Å². The van der Waals surface area contributed by atoms with Crippen LogP contribution in [0.25, 0.3) is 0 Å². The van der Waals surface area contributed by atoms with Gasteiger partial charge in [-0.2, -0.15) is 0 Å². The minimum atomic E-state index is -1.13. The molecular formula is C25H18O5. The van der Waals surface area contributed by atoms with Gasteiger partial charge in [0.15, 0.2) is 11.5 Å². The molecule has 0 aliphatic heterocycles. The van der Waals surface area contributed by atoms with Gasteiger partial charge in [0.05, 0.1) is 0 Å². The molecule has 0 unspecified atom stereocenters. The highest BCUT2D eigenvalue weighted by atomic mass is 16.5. The third-order valence-corrected chi connectivity index (χ3v) is 4.20. The number of ether oxygens (including phenoxy) is 3. The van der Waals surface area contributed by atoms with Crippen molar-refractivity contribution in [2.75, 3.05) is 0 Å². The summed E-state index contributed by atoms with van der Waals surface area (Å²) in [6.45, 7) is 0. The number of aromatic carboxylic acids is 1. The largest absolute Gasteiger partial charge is 0.478 e. The topological polar surface area (TPSA) is 65.0 Å². The molecule has 30 heavy (non-hydrogen) atoms. The van der Waals surface area contributed by atoms with Crippen molar-refractivity contribution < 1.29 is 24.1 Å². The van der Waals surface area contributed by atoms with Crippen LogP contribution >= 0.6 is 0 Å². The molecule has 0 spiro atoms. The summed E-state index contributed by atoms with van der Waals surface area (Å²) in [6.07, 6.45) is 0. The molecule has 0 fully saturated rings. The number of hydrogen-bond donors (Lipinski definition) is 1. The number of hydrogen-bond acceptors (Lipinski definition) is 4. The molecule has 0 atom stereocenters. The van der Waals surface area contributed by atoms with Gasteiger partial charge in [0.1, 0.15) is 22.8 Å². The molecular weight excluding hydrogens is 380 g/mol. The molecule has 0 aliphatic carbocycles. The van der Waals surface area contributed by atoms with Crippen LogP contribution in [0.5, 0.6) is 34.5 Å². The lowest BCUT2D eigenvalue weighted by molar-refractivity contribution is 0.0693. The average molecular weight is 398 g/mol. The van der Waals surface area contributed by atoms with Gasteiger partial charge in [-0.1, -0.05) is 54.6 Å². The molecule has 0 heterocycles. The molecule has 0 aliphatic rings. The van der Waals surface area contributed by atoms with Gasteiger partial charge in [-0.15, -0.1) is 0 Å². The minimum absolute atomic E-state index is 0.0369. The molecule has 4 aromatic rings. The van der Waals surface area contributed by atoms with E-state index in [4.69, 9.17) is 14.2 Å². The first-order valence-electron chi connectivity index (χ1n) is 9.30. The van der Waals surface area contributed by atoms with Gasteiger partial charge < -0.3 is 19.3 Å². The first-order valence-corrected chi connectivity index (χ1v) is 9.30. The zero-order valence-corrected chi connectivity index (χ0v) is 15.9. The van der Waals surface area contributed by atoms with Crippen LogP contribution in [0, 0.1) is 0 Å². The van der Waals surface area contributed by atoms with Crippen LogP contribution in [0.4, 0.5) is 0 Å². The number of carbonyl (C=O) groups is 1. The second-order valence-electron chi connectivity index (χ2n) is 6.32. The number of carboxylic acids is 1. The summed E-state index contributed by atoms with van der Waals surface area (Å²) in [4.78, 5) is 11.9. The molecule has 0 amide bonds. The van der Waals surface area contributed by atoms with Crippen molar-refractivity contribution in [2.45, 2.75) is 0 Å². The van der Waals surface area contributed by atoms with E-state index in [9.17, 15) is 9.90 Å². The molecule has 4 rings (SSSR count). The van der Waals surface area contributed by atoms with Crippen molar-refractivity contribution >= 4 is 5.97 Å². The maximum atomic E-state index is 11.9.